The highest BCUT2D eigenvalue weighted by Crippen LogP contribution is 2.47. The molecule has 4 heterocycles. The van der Waals surface area contributed by atoms with Crippen LogP contribution in [-0.4, -0.2) is 35.3 Å². The highest BCUT2D eigenvalue weighted by Gasteiger charge is 2.66. The Balaban J connectivity index is 2.15. The lowest BCUT2D eigenvalue weighted by Crippen LogP contribution is -2.58. The van der Waals surface area contributed by atoms with Crippen molar-refractivity contribution in [2.45, 2.75) is 50.1 Å². The lowest BCUT2D eigenvalue weighted by Gasteiger charge is -2.36. The summed E-state index contributed by atoms with van der Waals surface area (Å²) < 4.78 is 16.0. The summed E-state index contributed by atoms with van der Waals surface area (Å²) >= 11 is 0. The number of hydrogen-bond donors (Lipinski definition) is 0. The molecule has 0 aromatic rings. The van der Waals surface area contributed by atoms with E-state index in [4.69, 9.17) is 14.2 Å². The fraction of sp³-hybridized carbons (Fsp3) is 0.800. The van der Waals surface area contributed by atoms with Crippen LogP contribution >= 0.6 is 0 Å². The van der Waals surface area contributed by atoms with Gasteiger partial charge in [0, 0.05) is 0 Å². The molecule has 0 spiro atoms. The van der Waals surface area contributed by atoms with E-state index < -0.39 is 29.2 Å². The van der Waals surface area contributed by atoms with E-state index in [0.29, 0.717) is 0 Å². The van der Waals surface area contributed by atoms with Crippen LogP contribution < -0.4 is 0 Å². The molecule has 0 N–H and O–H groups in total. The first-order chi connectivity index (χ1) is 6.96. The molecule has 5 nitrogen and oxygen atoms in total. The van der Waals surface area contributed by atoms with Crippen molar-refractivity contribution in [2.75, 3.05) is 0 Å². The molecule has 0 saturated carbocycles. The minimum atomic E-state index is -1.25. The quantitative estimate of drug-likeness (QED) is 0.535. The average Bonchev–Trinajstić information content (AvgIpc) is 2.50. The lowest BCUT2D eigenvalue weighted by atomic mass is 9.88. The van der Waals surface area contributed by atoms with Gasteiger partial charge in [-0.05, 0) is 26.7 Å². The van der Waals surface area contributed by atoms with Gasteiger partial charge in [0.2, 0.25) is 11.7 Å². The summed E-state index contributed by atoms with van der Waals surface area (Å²) in [5, 5.41) is 0. The van der Waals surface area contributed by atoms with Gasteiger partial charge in [-0.25, -0.2) is 9.59 Å². The van der Waals surface area contributed by atoms with Gasteiger partial charge in [0.25, 0.3) is 0 Å². The zero-order chi connectivity index (χ0) is 10.8. The van der Waals surface area contributed by atoms with Crippen LogP contribution in [0, 0.1) is 0 Å². The maximum Gasteiger partial charge on any atom is 0.354 e. The second kappa shape index (κ2) is 2.35. The van der Waals surface area contributed by atoms with Crippen LogP contribution in [0.3, 0.4) is 0 Å². The predicted octanol–water partition coefficient (Wildman–Crippen LogP) is 0.165. The summed E-state index contributed by atoms with van der Waals surface area (Å²) in [6.07, 6.45) is 0.184. The Morgan fingerprint density at radius 3 is 2.80 bits per heavy atom. The summed E-state index contributed by atoms with van der Waals surface area (Å²) in [5.41, 5.74) is -1.95. The number of carbonyl (C=O) groups excluding carboxylic acids is 2. The van der Waals surface area contributed by atoms with Crippen molar-refractivity contribution in [1.29, 1.82) is 0 Å². The fourth-order valence-corrected chi connectivity index (χ4v) is 2.59. The van der Waals surface area contributed by atoms with E-state index in [1.165, 1.54) is 0 Å². The highest BCUT2D eigenvalue weighted by atomic mass is 16.7. The van der Waals surface area contributed by atoms with Crippen molar-refractivity contribution >= 4 is 11.9 Å². The number of esters is 2. The van der Waals surface area contributed by atoms with Crippen LogP contribution in [-0.2, 0) is 23.8 Å². The summed E-state index contributed by atoms with van der Waals surface area (Å²) in [4.78, 5) is 23.3. The monoisotopic (exact) mass is 212 g/mol. The normalized spacial score (nSPS) is 52.4. The number of fused-ring (bicyclic) bond motifs is 2. The second-order valence-electron chi connectivity index (χ2n) is 4.77. The van der Waals surface area contributed by atoms with E-state index >= 15 is 0 Å². The van der Waals surface area contributed by atoms with Gasteiger partial charge in [0.1, 0.15) is 11.7 Å². The van der Waals surface area contributed by atoms with Gasteiger partial charge in [-0.2, -0.15) is 0 Å². The van der Waals surface area contributed by atoms with Crippen molar-refractivity contribution in [2.24, 2.45) is 0 Å². The number of hydrogen-bond acceptors (Lipinski definition) is 5. The van der Waals surface area contributed by atoms with Gasteiger partial charge >= 0.3 is 11.9 Å². The zero-order valence-electron chi connectivity index (χ0n) is 8.61. The van der Waals surface area contributed by atoms with Crippen LogP contribution in [0.5, 0.6) is 0 Å². The molecule has 0 unspecified atom stereocenters. The molecule has 4 fully saturated rings. The molecule has 0 aliphatic carbocycles. The fourth-order valence-electron chi connectivity index (χ4n) is 2.59. The molecular formula is C10H12O5. The summed E-state index contributed by atoms with van der Waals surface area (Å²) in [6, 6.07) is 0. The van der Waals surface area contributed by atoms with Gasteiger partial charge < -0.3 is 14.2 Å². The second-order valence-corrected chi connectivity index (χ2v) is 4.77. The van der Waals surface area contributed by atoms with E-state index in [0.717, 1.165) is 12.8 Å². The molecule has 5 heteroatoms. The van der Waals surface area contributed by atoms with Crippen molar-refractivity contribution in [3.63, 3.8) is 0 Å². The van der Waals surface area contributed by atoms with Gasteiger partial charge in [-0.1, -0.05) is 0 Å². The third-order valence-electron chi connectivity index (χ3n) is 3.64. The Morgan fingerprint density at radius 2 is 2.07 bits per heavy atom. The molecule has 15 heavy (non-hydrogen) atoms. The smallest absolute Gasteiger partial charge is 0.354 e. The van der Waals surface area contributed by atoms with Crippen LogP contribution in [0.2, 0.25) is 0 Å². The third-order valence-corrected chi connectivity index (χ3v) is 3.64. The van der Waals surface area contributed by atoms with Crippen molar-refractivity contribution in [3.05, 3.63) is 0 Å². The van der Waals surface area contributed by atoms with Gasteiger partial charge in [-0.3, -0.25) is 0 Å². The average molecular weight is 212 g/mol. The van der Waals surface area contributed by atoms with E-state index in [1.54, 1.807) is 13.8 Å². The largest absolute Gasteiger partial charge is 0.444 e. The number of ether oxygens (including phenoxy) is 3. The molecule has 4 bridgehead atoms. The Morgan fingerprint density at radius 1 is 1.33 bits per heavy atom. The van der Waals surface area contributed by atoms with E-state index in [-0.39, 0.29) is 6.10 Å². The lowest BCUT2D eigenvalue weighted by molar-refractivity contribution is -0.211. The first kappa shape index (κ1) is 9.15. The molecule has 4 aliphatic heterocycles. The number of rotatable bonds is 0. The maximum atomic E-state index is 11.7. The van der Waals surface area contributed by atoms with E-state index in [1.807, 2.05) is 0 Å². The zero-order valence-corrected chi connectivity index (χ0v) is 8.61. The Bertz CT molecular complexity index is 365. The molecule has 4 atom stereocenters. The maximum absolute atomic E-state index is 11.7. The minimum Gasteiger partial charge on any atom is -0.444 e. The Labute approximate surface area is 86.7 Å². The molecule has 4 rings (SSSR count). The summed E-state index contributed by atoms with van der Waals surface area (Å²) in [6.45, 7) is 3.36. The van der Waals surface area contributed by atoms with Gasteiger partial charge in [-0.15, -0.1) is 0 Å². The van der Waals surface area contributed by atoms with Crippen LogP contribution in [0.1, 0.15) is 26.7 Å². The van der Waals surface area contributed by atoms with Crippen molar-refractivity contribution < 1.29 is 23.8 Å². The predicted molar refractivity (Wildman–Crippen MR) is 46.9 cm³/mol. The molecular weight excluding hydrogens is 200 g/mol. The summed E-state index contributed by atoms with van der Waals surface area (Å²) in [7, 11) is 0. The number of carbonyl (C=O) groups is 2. The molecule has 4 aliphatic rings. The Hall–Kier alpha value is -1.10. The van der Waals surface area contributed by atoms with Crippen LogP contribution in [0.25, 0.3) is 0 Å². The van der Waals surface area contributed by atoms with Gasteiger partial charge in [0.15, 0.2) is 0 Å². The van der Waals surface area contributed by atoms with Gasteiger partial charge in [0.05, 0.1) is 0 Å². The molecule has 0 aromatic carbocycles. The standard InChI is InChI=1S/C10H12O5/c1-9-4-3-5(14-9)10(2)8(12)13-6(9)7(11)15-10/h5-6H,3-4H2,1-2H3/t5-,6+,9+,10-/m1/s1. The molecule has 0 aromatic heterocycles. The molecule has 0 amide bonds. The first-order valence-corrected chi connectivity index (χ1v) is 5.07. The van der Waals surface area contributed by atoms with E-state index in [2.05, 4.69) is 0 Å². The van der Waals surface area contributed by atoms with Crippen molar-refractivity contribution in [3.8, 4) is 0 Å². The van der Waals surface area contributed by atoms with Crippen molar-refractivity contribution in [1.82, 2.24) is 0 Å². The van der Waals surface area contributed by atoms with E-state index in [9.17, 15) is 9.59 Å². The first-order valence-electron chi connectivity index (χ1n) is 5.07. The summed E-state index contributed by atoms with van der Waals surface area (Å²) in [5.74, 6) is -0.970. The molecule has 4 saturated heterocycles. The van der Waals surface area contributed by atoms with Crippen LogP contribution in [0.15, 0.2) is 0 Å². The SMILES string of the molecule is C[C@]12OC(=O)[C@H](OC1=O)[C@]1(C)CC[C@H]2O1. The molecule has 82 valence electrons. The van der Waals surface area contributed by atoms with Crippen LogP contribution in [0.4, 0.5) is 0 Å². The topological polar surface area (TPSA) is 61.8 Å². The Kier molecular flexibility index (Phi) is 1.43. The highest BCUT2D eigenvalue weighted by molar-refractivity contribution is 5.92. The molecule has 0 radical (unpaired) electrons. The minimum absolute atomic E-state index is 0.369. The third kappa shape index (κ3) is 0.916.